The number of aromatic nitrogens is 1. The van der Waals surface area contributed by atoms with Crippen molar-refractivity contribution in [3.8, 4) is 0 Å². The number of carbonyl (C=O) groups is 2. The maximum atomic E-state index is 13.4. The van der Waals surface area contributed by atoms with Crippen LogP contribution >= 0.6 is 11.3 Å². The highest BCUT2D eigenvalue weighted by Gasteiger charge is 2.56. The van der Waals surface area contributed by atoms with Crippen LogP contribution in [0.2, 0.25) is 0 Å². The molecule has 178 valence electrons. The normalized spacial score (nSPS) is 29.7. The molecule has 0 unspecified atom stereocenters. The Morgan fingerprint density at radius 3 is 2.58 bits per heavy atom. The van der Waals surface area contributed by atoms with Gasteiger partial charge in [0.25, 0.3) is 5.91 Å². The minimum absolute atomic E-state index is 0.0302. The first-order valence-electron chi connectivity index (χ1n) is 12.1. The summed E-state index contributed by atoms with van der Waals surface area (Å²) in [6, 6.07) is 8.32. The van der Waals surface area contributed by atoms with Crippen LogP contribution in [0.5, 0.6) is 0 Å². The zero-order valence-corrected chi connectivity index (χ0v) is 21.0. The summed E-state index contributed by atoms with van der Waals surface area (Å²) < 4.78 is 1.23. The molecule has 1 aromatic carbocycles. The zero-order chi connectivity index (χ0) is 23.4. The first kappa shape index (κ1) is 22.7. The number of nitrogens with zero attached hydrogens (tertiary/aromatic N) is 4. The highest BCUT2D eigenvalue weighted by molar-refractivity contribution is 7.18. The van der Waals surface area contributed by atoms with Gasteiger partial charge in [0.1, 0.15) is 10.5 Å². The van der Waals surface area contributed by atoms with Gasteiger partial charge in [-0.05, 0) is 49.7 Å². The third-order valence-corrected chi connectivity index (χ3v) is 8.79. The molecule has 1 aromatic heterocycles. The second-order valence-corrected chi connectivity index (χ2v) is 12.2. The Hall–Kier alpha value is -2.03. The molecule has 3 fully saturated rings. The predicted octanol–water partition coefficient (Wildman–Crippen LogP) is 4.07. The molecule has 0 radical (unpaired) electrons. The maximum absolute atomic E-state index is 13.4. The van der Waals surface area contributed by atoms with Gasteiger partial charge < -0.3 is 5.32 Å². The Morgan fingerprint density at radius 1 is 1.15 bits per heavy atom. The summed E-state index contributed by atoms with van der Waals surface area (Å²) in [6.45, 7) is 12.7. The number of urea groups is 1. The third-order valence-electron chi connectivity index (χ3n) is 7.59. The molecule has 2 saturated heterocycles. The van der Waals surface area contributed by atoms with Crippen molar-refractivity contribution in [2.24, 2.45) is 11.3 Å². The smallest absolute Gasteiger partial charge is 0.323 e. The van der Waals surface area contributed by atoms with Crippen molar-refractivity contribution in [3.05, 3.63) is 29.3 Å². The average Bonchev–Trinajstić information content (AvgIpc) is 3.27. The number of rotatable bonds is 4. The lowest BCUT2D eigenvalue weighted by molar-refractivity contribution is -0.136. The van der Waals surface area contributed by atoms with Crippen molar-refractivity contribution < 1.29 is 9.59 Å². The number of benzene rings is 1. The molecule has 1 aliphatic carbocycles. The van der Waals surface area contributed by atoms with Crippen LogP contribution in [0.3, 0.4) is 0 Å². The van der Waals surface area contributed by atoms with E-state index in [-0.39, 0.29) is 23.4 Å². The third kappa shape index (κ3) is 4.29. The maximum Gasteiger partial charge on any atom is 0.326 e. The summed E-state index contributed by atoms with van der Waals surface area (Å²) in [6.07, 6.45) is 2.55. The Balaban J connectivity index is 1.20. The quantitative estimate of drug-likeness (QED) is 0.684. The van der Waals surface area contributed by atoms with Gasteiger partial charge in [0, 0.05) is 26.2 Å². The van der Waals surface area contributed by atoms with E-state index in [1.54, 1.807) is 11.3 Å². The predicted molar refractivity (Wildman–Crippen MR) is 131 cm³/mol. The number of amides is 3. The summed E-state index contributed by atoms with van der Waals surface area (Å²) in [5.41, 5.74) is 0.399. The number of hydrogen-bond donors (Lipinski definition) is 1. The van der Waals surface area contributed by atoms with Gasteiger partial charge in [-0.25, -0.2) is 14.7 Å². The van der Waals surface area contributed by atoms with Crippen LogP contribution in [-0.4, -0.2) is 70.0 Å². The molecule has 3 atom stereocenters. The van der Waals surface area contributed by atoms with Crippen LogP contribution < -0.4 is 5.32 Å². The van der Waals surface area contributed by atoms with E-state index in [0.717, 1.165) is 56.0 Å². The van der Waals surface area contributed by atoms with Crippen molar-refractivity contribution in [3.63, 3.8) is 0 Å². The Kier molecular flexibility index (Phi) is 5.74. The molecule has 5 rings (SSSR count). The SMILES string of the molecule is C[C@@H]1CC(C)(C)C[C@]2(C1)NC(=O)N(CN1CCN([C@H](C)c3nc4ccccc4s3)CC1)C2=O. The van der Waals surface area contributed by atoms with Crippen LogP contribution in [0.25, 0.3) is 10.2 Å². The van der Waals surface area contributed by atoms with Crippen LogP contribution in [0.1, 0.15) is 58.0 Å². The first-order chi connectivity index (χ1) is 15.7. The molecule has 7 nitrogen and oxygen atoms in total. The number of imide groups is 1. The van der Waals surface area contributed by atoms with Crippen molar-refractivity contribution in [2.75, 3.05) is 32.8 Å². The van der Waals surface area contributed by atoms with Gasteiger partial charge >= 0.3 is 6.03 Å². The molecular formula is C25H35N5O2S. The highest BCUT2D eigenvalue weighted by Crippen LogP contribution is 2.46. The number of thiazole rings is 1. The monoisotopic (exact) mass is 469 g/mol. The summed E-state index contributed by atoms with van der Waals surface area (Å²) in [5.74, 6) is 0.392. The van der Waals surface area contributed by atoms with E-state index in [1.807, 2.05) is 6.07 Å². The lowest BCUT2D eigenvalue weighted by atomic mass is 9.64. The Morgan fingerprint density at radius 2 is 1.88 bits per heavy atom. The van der Waals surface area contributed by atoms with Gasteiger partial charge in [0.2, 0.25) is 0 Å². The van der Waals surface area contributed by atoms with Crippen LogP contribution in [0, 0.1) is 11.3 Å². The molecule has 3 amide bonds. The minimum Gasteiger partial charge on any atom is -0.323 e. The zero-order valence-electron chi connectivity index (χ0n) is 20.1. The van der Waals surface area contributed by atoms with Crippen LogP contribution in [0.4, 0.5) is 4.79 Å². The second kappa shape index (κ2) is 8.32. The van der Waals surface area contributed by atoms with Crippen molar-refractivity contribution >= 4 is 33.5 Å². The lowest BCUT2D eigenvalue weighted by Gasteiger charge is -2.44. The molecule has 1 saturated carbocycles. The molecule has 3 aliphatic rings. The van der Waals surface area contributed by atoms with Crippen molar-refractivity contribution in [1.82, 2.24) is 25.0 Å². The number of carbonyl (C=O) groups excluding carboxylic acids is 2. The van der Waals surface area contributed by atoms with E-state index in [4.69, 9.17) is 4.98 Å². The molecule has 8 heteroatoms. The summed E-state index contributed by atoms with van der Waals surface area (Å²) in [7, 11) is 0. The molecule has 0 bridgehead atoms. The van der Waals surface area contributed by atoms with Gasteiger partial charge in [-0.15, -0.1) is 11.3 Å². The molecule has 2 aromatic rings. The number of fused-ring (bicyclic) bond motifs is 1. The Bertz CT molecular complexity index is 1030. The minimum atomic E-state index is -0.721. The van der Waals surface area contributed by atoms with Crippen LogP contribution in [0.15, 0.2) is 24.3 Å². The van der Waals surface area contributed by atoms with E-state index in [9.17, 15) is 9.59 Å². The van der Waals surface area contributed by atoms with Gasteiger partial charge in [-0.2, -0.15) is 0 Å². The molecule has 2 aliphatic heterocycles. The fourth-order valence-electron chi connectivity index (χ4n) is 6.35. The average molecular weight is 470 g/mol. The molecule has 1 N–H and O–H groups in total. The van der Waals surface area contributed by atoms with Gasteiger partial charge in [0.05, 0.1) is 22.9 Å². The summed E-state index contributed by atoms with van der Waals surface area (Å²) >= 11 is 1.77. The topological polar surface area (TPSA) is 68.8 Å². The van der Waals surface area contributed by atoms with Gasteiger partial charge in [-0.1, -0.05) is 32.9 Å². The largest absolute Gasteiger partial charge is 0.326 e. The van der Waals surface area contributed by atoms with E-state index in [0.29, 0.717) is 12.6 Å². The first-order valence-corrected chi connectivity index (χ1v) is 12.9. The fraction of sp³-hybridized carbons (Fsp3) is 0.640. The van der Waals surface area contributed by atoms with E-state index in [1.165, 1.54) is 9.60 Å². The van der Waals surface area contributed by atoms with Gasteiger partial charge in [0.15, 0.2) is 0 Å². The Labute approximate surface area is 200 Å². The summed E-state index contributed by atoms with van der Waals surface area (Å²) in [5, 5.41) is 4.25. The van der Waals surface area contributed by atoms with Crippen molar-refractivity contribution in [2.45, 2.75) is 58.5 Å². The molecular weight excluding hydrogens is 434 g/mol. The fourth-order valence-corrected chi connectivity index (χ4v) is 7.41. The number of nitrogens with one attached hydrogen (secondary N) is 1. The molecule has 33 heavy (non-hydrogen) atoms. The lowest BCUT2D eigenvalue weighted by Crippen LogP contribution is -2.55. The van der Waals surface area contributed by atoms with E-state index >= 15 is 0 Å². The van der Waals surface area contributed by atoms with E-state index < -0.39 is 5.54 Å². The standard InChI is InChI=1S/C25H35N5O2S/c1-17-13-24(3,4)15-25(14-17)22(31)30(23(32)27-25)16-28-9-11-29(12-10-28)18(2)21-26-19-7-5-6-8-20(19)33-21/h5-8,17-18H,9-16H2,1-4H3,(H,27,32)/t17-,18-,25+/m1/s1. The second-order valence-electron chi connectivity index (χ2n) is 11.1. The number of para-hydroxylation sites is 1. The van der Waals surface area contributed by atoms with Crippen molar-refractivity contribution in [1.29, 1.82) is 0 Å². The van der Waals surface area contributed by atoms with Crippen LogP contribution in [-0.2, 0) is 4.79 Å². The molecule has 3 heterocycles. The highest BCUT2D eigenvalue weighted by atomic mass is 32.1. The summed E-state index contributed by atoms with van der Waals surface area (Å²) in [4.78, 5) is 37.3. The van der Waals surface area contributed by atoms with Gasteiger partial charge in [-0.3, -0.25) is 14.6 Å². The van der Waals surface area contributed by atoms with E-state index in [2.05, 4.69) is 61.0 Å². The number of hydrogen-bond acceptors (Lipinski definition) is 6. The number of piperazine rings is 1. The molecule has 1 spiro atoms.